The van der Waals surface area contributed by atoms with Crippen molar-refractivity contribution in [1.29, 1.82) is 0 Å². The van der Waals surface area contributed by atoms with Gasteiger partial charge in [-0.05, 0) is 18.6 Å². The minimum Gasteiger partial charge on any atom is -0.494 e. The van der Waals surface area contributed by atoms with Crippen LogP contribution in [-0.4, -0.2) is 11.7 Å². The second kappa shape index (κ2) is 3.86. The monoisotopic (exact) mass is 151 g/mol. The lowest BCUT2D eigenvalue weighted by molar-refractivity contribution is 0.361. The van der Waals surface area contributed by atoms with Crippen molar-refractivity contribution in [2.45, 2.75) is 13.3 Å². The molecule has 0 unspecified atom stereocenters. The summed E-state index contributed by atoms with van der Waals surface area (Å²) >= 11 is 0. The van der Waals surface area contributed by atoms with E-state index < -0.39 is 0 Å². The van der Waals surface area contributed by atoms with Crippen molar-refractivity contribution in [2.24, 2.45) is 0 Å². The summed E-state index contributed by atoms with van der Waals surface area (Å²) in [5.74, 6) is 0.275. The van der Waals surface area contributed by atoms with E-state index in [1.807, 2.05) is 24.3 Å². The maximum atomic E-state index is 9.35. The lowest BCUT2D eigenvalue weighted by Gasteiger charge is -2.03. The third-order valence-corrected chi connectivity index (χ3v) is 1.48. The molecule has 11 heavy (non-hydrogen) atoms. The van der Waals surface area contributed by atoms with Crippen LogP contribution < -0.4 is 5.32 Å². The van der Waals surface area contributed by atoms with Crippen LogP contribution in [0, 0.1) is 0 Å². The molecule has 0 aromatic heterocycles. The van der Waals surface area contributed by atoms with Gasteiger partial charge in [0.25, 0.3) is 0 Å². The zero-order valence-electron chi connectivity index (χ0n) is 6.67. The molecule has 0 radical (unpaired) electrons. The Bertz CT molecular complexity index is 200. The van der Waals surface area contributed by atoms with E-state index in [0.29, 0.717) is 0 Å². The molecule has 0 fully saturated rings. The average molecular weight is 151 g/mol. The van der Waals surface area contributed by atoms with Gasteiger partial charge >= 0.3 is 0 Å². The predicted octanol–water partition coefficient (Wildman–Crippen LogP) is 1.88. The maximum Gasteiger partial charge on any atom is 0.191 e. The van der Waals surface area contributed by atoms with Crippen LogP contribution in [0.2, 0.25) is 0 Å². The van der Waals surface area contributed by atoms with Crippen molar-refractivity contribution in [3.05, 3.63) is 35.8 Å². The van der Waals surface area contributed by atoms with Gasteiger partial charge in [-0.3, -0.25) is 0 Å². The third-order valence-electron chi connectivity index (χ3n) is 1.48. The van der Waals surface area contributed by atoms with Crippen LogP contribution in [0.15, 0.2) is 35.8 Å². The number of rotatable bonds is 3. The first-order chi connectivity index (χ1) is 5.34. The van der Waals surface area contributed by atoms with E-state index in [0.717, 1.165) is 18.5 Å². The molecule has 2 N–H and O–H groups in total. The highest BCUT2D eigenvalue weighted by molar-refractivity contribution is 5.41. The lowest BCUT2D eigenvalue weighted by atomic mass is 10.3. The second-order valence-corrected chi connectivity index (χ2v) is 2.45. The first-order valence-corrected chi connectivity index (χ1v) is 3.86. The Kier molecular flexibility index (Phi) is 2.78. The molecule has 0 aromatic rings. The molecule has 0 heterocycles. The van der Waals surface area contributed by atoms with Gasteiger partial charge in [0.2, 0.25) is 0 Å². The highest BCUT2D eigenvalue weighted by Crippen LogP contribution is 2.09. The summed E-state index contributed by atoms with van der Waals surface area (Å²) in [7, 11) is 0. The molecule has 2 nitrogen and oxygen atoms in total. The Balaban J connectivity index is 2.50. The van der Waals surface area contributed by atoms with Gasteiger partial charge in [-0.15, -0.1) is 0 Å². The zero-order chi connectivity index (χ0) is 8.10. The van der Waals surface area contributed by atoms with Crippen LogP contribution >= 0.6 is 0 Å². The Morgan fingerprint density at radius 2 is 2.09 bits per heavy atom. The van der Waals surface area contributed by atoms with E-state index in [2.05, 4.69) is 12.2 Å². The minimum absolute atomic E-state index is 0.275. The lowest BCUT2D eigenvalue weighted by Crippen LogP contribution is -2.14. The summed E-state index contributed by atoms with van der Waals surface area (Å²) in [4.78, 5) is 0. The number of hydrogen-bond donors (Lipinski definition) is 2. The molecule has 1 rings (SSSR count). The van der Waals surface area contributed by atoms with Crippen molar-refractivity contribution in [1.82, 2.24) is 5.32 Å². The van der Waals surface area contributed by atoms with E-state index in [9.17, 15) is 5.11 Å². The van der Waals surface area contributed by atoms with E-state index >= 15 is 0 Å². The molecule has 60 valence electrons. The molecule has 0 aromatic carbocycles. The minimum atomic E-state index is 0.275. The van der Waals surface area contributed by atoms with Crippen LogP contribution in [0.25, 0.3) is 0 Å². The average Bonchev–Trinajstić information content (AvgIpc) is 2.52. The van der Waals surface area contributed by atoms with E-state index in [4.69, 9.17) is 0 Å². The normalized spacial score (nSPS) is 14.1. The van der Waals surface area contributed by atoms with Crippen molar-refractivity contribution in [2.75, 3.05) is 6.54 Å². The van der Waals surface area contributed by atoms with Gasteiger partial charge in [0.05, 0.1) is 0 Å². The van der Waals surface area contributed by atoms with Crippen molar-refractivity contribution >= 4 is 0 Å². The molecular weight excluding hydrogens is 138 g/mol. The van der Waals surface area contributed by atoms with Gasteiger partial charge in [-0.1, -0.05) is 19.1 Å². The molecule has 0 bridgehead atoms. The van der Waals surface area contributed by atoms with Gasteiger partial charge in [0.1, 0.15) is 0 Å². The molecule has 0 amide bonds. The third kappa shape index (κ3) is 2.15. The molecule has 0 saturated heterocycles. The summed E-state index contributed by atoms with van der Waals surface area (Å²) in [5, 5.41) is 12.3. The fourth-order valence-electron chi connectivity index (χ4n) is 0.877. The molecule has 0 spiro atoms. The van der Waals surface area contributed by atoms with Crippen molar-refractivity contribution in [3.63, 3.8) is 0 Å². The van der Waals surface area contributed by atoms with Crippen molar-refractivity contribution in [3.8, 4) is 0 Å². The van der Waals surface area contributed by atoms with E-state index in [1.54, 1.807) is 0 Å². The Labute approximate surface area is 66.9 Å². The first-order valence-electron chi connectivity index (χ1n) is 3.86. The fraction of sp³-hybridized carbons (Fsp3) is 0.333. The number of aliphatic hydroxyl groups is 1. The highest BCUT2D eigenvalue weighted by atomic mass is 16.3. The van der Waals surface area contributed by atoms with Gasteiger partial charge in [-0.2, -0.15) is 0 Å². The zero-order valence-corrected chi connectivity index (χ0v) is 6.67. The molecule has 2 heteroatoms. The quantitative estimate of drug-likeness (QED) is 0.603. The summed E-state index contributed by atoms with van der Waals surface area (Å²) in [5.41, 5.74) is 0.860. The molecule has 0 atom stereocenters. The van der Waals surface area contributed by atoms with Gasteiger partial charge < -0.3 is 10.4 Å². The van der Waals surface area contributed by atoms with Crippen LogP contribution in [0.4, 0.5) is 0 Å². The molecule has 1 aliphatic carbocycles. The number of hydrogen-bond acceptors (Lipinski definition) is 2. The molecular formula is C9H13NO. The Morgan fingerprint density at radius 3 is 2.64 bits per heavy atom. The smallest absolute Gasteiger partial charge is 0.191 e. The largest absolute Gasteiger partial charge is 0.494 e. The molecule has 0 saturated carbocycles. The Morgan fingerprint density at radius 1 is 1.45 bits per heavy atom. The topological polar surface area (TPSA) is 32.3 Å². The maximum absolute atomic E-state index is 9.35. The van der Waals surface area contributed by atoms with Gasteiger partial charge in [-0.25, -0.2) is 0 Å². The second-order valence-electron chi connectivity index (χ2n) is 2.45. The number of aliphatic hydroxyl groups excluding tert-OH is 1. The summed E-state index contributed by atoms with van der Waals surface area (Å²) in [6, 6.07) is 0. The summed E-state index contributed by atoms with van der Waals surface area (Å²) in [6.45, 7) is 2.88. The van der Waals surface area contributed by atoms with Gasteiger partial charge in [0.15, 0.2) is 5.88 Å². The van der Waals surface area contributed by atoms with E-state index in [-0.39, 0.29) is 5.88 Å². The predicted molar refractivity (Wildman–Crippen MR) is 46.2 cm³/mol. The first kappa shape index (κ1) is 7.92. The van der Waals surface area contributed by atoms with Gasteiger partial charge in [0, 0.05) is 12.1 Å². The van der Waals surface area contributed by atoms with Crippen LogP contribution in [0.5, 0.6) is 0 Å². The summed E-state index contributed by atoms with van der Waals surface area (Å²) in [6.07, 6.45) is 8.57. The van der Waals surface area contributed by atoms with Crippen molar-refractivity contribution < 1.29 is 5.11 Å². The molecule has 1 aliphatic rings. The number of nitrogens with one attached hydrogen (secondary N) is 1. The summed E-state index contributed by atoms with van der Waals surface area (Å²) < 4.78 is 0. The van der Waals surface area contributed by atoms with E-state index in [1.165, 1.54) is 0 Å². The van der Waals surface area contributed by atoms with Crippen LogP contribution in [-0.2, 0) is 0 Å². The SMILES string of the molecule is CCCNC(O)=C1C=CC=C1. The standard InChI is InChI=1S/C9H13NO/c1-2-7-10-9(11)8-5-3-4-6-8/h3-6,10-11H,2,7H2,1H3. The molecule has 0 aliphatic heterocycles. The fourth-order valence-corrected chi connectivity index (χ4v) is 0.877. The van der Waals surface area contributed by atoms with Crippen LogP contribution in [0.1, 0.15) is 13.3 Å². The Hall–Kier alpha value is -1.18. The highest BCUT2D eigenvalue weighted by Gasteiger charge is 1.99. The number of allylic oxidation sites excluding steroid dienone is 5. The van der Waals surface area contributed by atoms with Crippen LogP contribution in [0.3, 0.4) is 0 Å².